The summed E-state index contributed by atoms with van der Waals surface area (Å²) in [7, 11) is 0. The third-order valence-electron chi connectivity index (χ3n) is 2.93. The van der Waals surface area contributed by atoms with Gasteiger partial charge >= 0.3 is 0 Å². The molecule has 0 saturated carbocycles. The summed E-state index contributed by atoms with van der Waals surface area (Å²) < 4.78 is 1.08. The number of aromatic nitrogens is 1. The minimum absolute atomic E-state index is 0.245. The van der Waals surface area contributed by atoms with Gasteiger partial charge in [-0.25, -0.2) is 0 Å². The Morgan fingerprint density at radius 2 is 1.83 bits per heavy atom. The number of rotatable bonds is 3. The fourth-order valence-corrected chi connectivity index (χ4v) is 2.92. The molecule has 1 heterocycles. The Hall–Kier alpha value is -0.130. The van der Waals surface area contributed by atoms with Crippen molar-refractivity contribution < 1.29 is 0 Å². The van der Waals surface area contributed by atoms with E-state index in [1.165, 1.54) is 11.1 Å². The molecule has 0 saturated heterocycles. The van der Waals surface area contributed by atoms with Gasteiger partial charge in [0.2, 0.25) is 0 Å². The van der Waals surface area contributed by atoms with Crippen molar-refractivity contribution in [2.24, 2.45) is 0 Å². The molecule has 2 unspecified atom stereocenters. The number of hydrogen-bond donors (Lipinski definition) is 0. The molecule has 1 nitrogen and oxygen atoms in total. The smallest absolute Gasteiger partial charge is 0.0542 e. The molecule has 2 aromatic rings. The van der Waals surface area contributed by atoms with Crippen molar-refractivity contribution in [1.82, 2.24) is 4.98 Å². The standard InChI is InChI=1S/C14H12BrClIN/c1-9(10-4-6-18-7-5-10)14(15)11-2-3-13(17)12(16)8-11/h2-9,14H,1H3. The monoisotopic (exact) mass is 435 g/mol. The van der Waals surface area contributed by atoms with Crippen LogP contribution in [0.4, 0.5) is 0 Å². The van der Waals surface area contributed by atoms with Crippen LogP contribution in [0.15, 0.2) is 42.7 Å². The predicted octanol–water partition coefficient (Wildman–Crippen LogP) is 5.58. The molecule has 1 aromatic heterocycles. The van der Waals surface area contributed by atoms with E-state index in [1.54, 1.807) is 0 Å². The van der Waals surface area contributed by atoms with Gasteiger partial charge in [0, 0.05) is 20.8 Å². The second-order valence-corrected chi connectivity index (χ2v) is 6.70. The summed E-state index contributed by atoms with van der Waals surface area (Å²) in [5.74, 6) is 0.365. The average Bonchev–Trinajstić information content (AvgIpc) is 2.41. The highest BCUT2D eigenvalue weighted by atomic mass is 127. The second kappa shape index (κ2) is 6.35. The summed E-state index contributed by atoms with van der Waals surface area (Å²) in [6.45, 7) is 2.20. The van der Waals surface area contributed by atoms with Gasteiger partial charge in [0.1, 0.15) is 0 Å². The minimum Gasteiger partial charge on any atom is -0.265 e. The average molecular weight is 437 g/mol. The molecule has 0 aliphatic heterocycles. The van der Waals surface area contributed by atoms with Crippen molar-refractivity contribution in [1.29, 1.82) is 0 Å². The highest BCUT2D eigenvalue weighted by molar-refractivity contribution is 14.1. The van der Waals surface area contributed by atoms with Crippen LogP contribution in [-0.4, -0.2) is 4.98 Å². The Kier molecular flexibility index (Phi) is 5.04. The van der Waals surface area contributed by atoms with Crippen molar-refractivity contribution in [2.75, 3.05) is 0 Å². The van der Waals surface area contributed by atoms with Gasteiger partial charge in [0.15, 0.2) is 0 Å². The van der Waals surface area contributed by atoms with Crippen LogP contribution < -0.4 is 0 Å². The zero-order chi connectivity index (χ0) is 13.1. The predicted molar refractivity (Wildman–Crippen MR) is 88.5 cm³/mol. The number of pyridine rings is 1. The molecule has 4 heteroatoms. The minimum atomic E-state index is 0.245. The summed E-state index contributed by atoms with van der Waals surface area (Å²) in [4.78, 5) is 4.29. The van der Waals surface area contributed by atoms with Crippen molar-refractivity contribution in [3.05, 3.63) is 62.4 Å². The van der Waals surface area contributed by atoms with Crippen molar-refractivity contribution in [2.45, 2.75) is 17.7 Å². The molecule has 94 valence electrons. The molecular weight excluding hydrogens is 424 g/mol. The topological polar surface area (TPSA) is 12.9 Å². The molecule has 2 atom stereocenters. The quantitative estimate of drug-likeness (QED) is 0.452. The van der Waals surface area contributed by atoms with Crippen LogP contribution in [0.3, 0.4) is 0 Å². The van der Waals surface area contributed by atoms with Crippen LogP contribution in [0.2, 0.25) is 5.02 Å². The summed E-state index contributed by atoms with van der Waals surface area (Å²) >= 11 is 12.2. The van der Waals surface area contributed by atoms with E-state index in [0.29, 0.717) is 5.92 Å². The fraction of sp³-hybridized carbons (Fsp3) is 0.214. The zero-order valence-corrected chi connectivity index (χ0v) is 14.3. The van der Waals surface area contributed by atoms with Crippen LogP contribution in [-0.2, 0) is 0 Å². The molecule has 0 bridgehead atoms. The molecule has 0 N–H and O–H groups in total. The van der Waals surface area contributed by atoms with Crippen molar-refractivity contribution in [3.8, 4) is 0 Å². The Morgan fingerprint density at radius 1 is 1.17 bits per heavy atom. The molecule has 0 aliphatic rings. The van der Waals surface area contributed by atoms with Gasteiger partial charge < -0.3 is 0 Å². The van der Waals surface area contributed by atoms with Gasteiger partial charge in [-0.05, 0) is 63.9 Å². The Bertz CT molecular complexity index is 533. The lowest BCUT2D eigenvalue weighted by atomic mass is 9.94. The third kappa shape index (κ3) is 3.25. The maximum atomic E-state index is 6.17. The Balaban J connectivity index is 2.25. The first-order valence-electron chi connectivity index (χ1n) is 5.58. The third-order valence-corrected chi connectivity index (χ3v) is 5.83. The van der Waals surface area contributed by atoms with Gasteiger partial charge in [0.25, 0.3) is 0 Å². The van der Waals surface area contributed by atoms with Crippen molar-refractivity contribution in [3.63, 3.8) is 0 Å². The molecule has 0 amide bonds. The van der Waals surface area contributed by atoms with Crippen LogP contribution in [0.5, 0.6) is 0 Å². The van der Waals surface area contributed by atoms with Crippen LogP contribution in [0, 0.1) is 3.57 Å². The molecule has 0 radical (unpaired) electrons. The zero-order valence-electron chi connectivity index (χ0n) is 9.78. The van der Waals surface area contributed by atoms with E-state index in [-0.39, 0.29) is 4.83 Å². The van der Waals surface area contributed by atoms with E-state index >= 15 is 0 Å². The van der Waals surface area contributed by atoms with E-state index < -0.39 is 0 Å². The molecule has 18 heavy (non-hydrogen) atoms. The highest BCUT2D eigenvalue weighted by Gasteiger charge is 2.18. The van der Waals surface area contributed by atoms with Gasteiger partial charge in [-0.1, -0.05) is 40.5 Å². The molecule has 0 fully saturated rings. The number of alkyl halides is 1. The molecule has 0 aliphatic carbocycles. The SMILES string of the molecule is CC(c1ccncc1)C(Br)c1ccc(I)c(Cl)c1. The molecule has 1 aromatic carbocycles. The first-order valence-corrected chi connectivity index (χ1v) is 7.96. The highest BCUT2D eigenvalue weighted by Crippen LogP contribution is 2.38. The largest absolute Gasteiger partial charge is 0.265 e. The first-order chi connectivity index (χ1) is 8.59. The molecule has 0 spiro atoms. The normalized spacial score (nSPS) is 14.2. The number of nitrogens with zero attached hydrogens (tertiary/aromatic N) is 1. The Labute approximate surface area is 134 Å². The van der Waals surface area contributed by atoms with Gasteiger partial charge in [-0.3, -0.25) is 4.98 Å². The summed E-state index contributed by atoms with van der Waals surface area (Å²) in [6, 6.07) is 10.3. The van der Waals surface area contributed by atoms with E-state index in [0.717, 1.165) is 8.59 Å². The lowest BCUT2D eigenvalue weighted by Crippen LogP contribution is -2.02. The van der Waals surface area contributed by atoms with E-state index in [9.17, 15) is 0 Å². The lowest BCUT2D eigenvalue weighted by Gasteiger charge is -2.19. The maximum absolute atomic E-state index is 6.17. The van der Waals surface area contributed by atoms with Crippen LogP contribution in [0.1, 0.15) is 28.8 Å². The lowest BCUT2D eigenvalue weighted by molar-refractivity contribution is 0.750. The van der Waals surface area contributed by atoms with E-state index in [4.69, 9.17) is 11.6 Å². The van der Waals surface area contributed by atoms with Gasteiger partial charge in [-0.15, -0.1) is 0 Å². The second-order valence-electron chi connectivity index (χ2n) is 4.14. The van der Waals surface area contributed by atoms with Crippen LogP contribution in [0.25, 0.3) is 0 Å². The van der Waals surface area contributed by atoms with E-state index in [1.807, 2.05) is 36.7 Å². The molecular formula is C14H12BrClIN. The van der Waals surface area contributed by atoms with Crippen LogP contribution >= 0.6 is 50.1 Å². The van der Waals surface area contributed by atoms with Gasteiger partial charge in [-0.2, -0.15) is 0 Å². The number of benzene rings is 1. The van der Waals surface area contributed by atoms with Crippen molar-refractivity contribution >= 4 is 50.1 Å². The summed E-state index contributed by atoms with van der Waals surface area (Å²) in [6.07, 6.45) is 3.65. The summed E-state index contributed by atoms with van der Waals surface area (Å²) in [5.41, 5.74) is 2.46. The van der Waals surface area contributed by atoms with E-state index in [2.05, 4.69) is 56.5 Å². The maximum Gasteiger partial charge on any atom is 0.0542 e. The number of hydrogen-bond acceptors (Lipinski definition) is 1. The Morgan fingerprint density at radius 3 is 2.44 bits per heavy atom. The fourth-order valence-electron chi connectivity index (χ4n) is 1.81. The number of halogens is 3. The van der Waals surface area contributed by atoms with Gasteiger partial charge in [0.05, 0.1) is 5.02 Å². The summed E-state index contributed by atoms with van der Waals surface area (Å²) in [5, 5.41) is 0.805. The molecule has 2 rings (SSSR count). The first kappa shape index (κ1) is 14.3.